The van der Waals surface area contributed by atoms with Crippen molar-refractivity contribution in [2.75, 3.05) is 20.2 Å². The van der Waals surface area contributed by atoms with Gasteiger partial charge in [0, 0.05) is 32.6 Å². The molecule has 1 amide bonds. The second kappa shape index (κ2) is 7.10. The number of amides is 1. The molecule has 0 aromatic heterocycles. The highest BCUT2D eigenvalue weighted by Gasteiger charge is 2.21. The Bertz CT molecular complexity index is 456. The normalized spacial score (nSPS) is 18.9. The minimum Gasteiger partial charge on any atom is -0.490 e. The van der Waals surface area contributed by atoms with Crippen LogP contribution in [-0.2, 0) is 11.3 Å². The van der Waals surface area contributed by atoms with Crippen LogP contribution in [0.5, 0.6) is 5.75 Å². The van der Waals surface area contributed by atoms with E-state index in [1.54, 1.807) is 11.0 Å². The van der Waals surface area contributed by atoms with Crippen LogP contribution in [0.15, 0.2) is 36.9 Å². The van der Waals surface area contributed by atoms with Crippen molar-refractivity contribution >= 4 is 5.91 Å². The lowest BCUT2D eigenvalue weighted by Crippen LogP contribution is -2.46. The molecule has 1 aliphatic rings. The molecule has 2 rings (SSSR count). The molecule has 1 heterocycles. The lowest BCUT2D eigenvalue weighted by Gasteiger charge is -2.30. The van der Waals surface area contributed by atoms with Gasteiger partial charge in [-0.15, -0.1) is 0 Å². The van der Waals surface area contributed by atoms with Crippen LogP contribution in [0.1, 0.15) is 18.4 Å². The zero-order valence-corrected chi connectivity index (χ0v) is 12.0. The van der Waals surface area contributed by atoms with Crippen molar-refractivity contribution in [3.05, 3.63) is 42.5 Å². The number of benzene rings is 1. The third-order valence-corrected chi connectivity index (χ3v) is 3.51. The molecule has 1 N–H and O–H groups in total. The van der Waals surface area contributed by atoms with Gasteiger partial charge in [0.25, 0.3) is 0 Å². The van der Waals surface area contributed by atoms with Gasteiger partial charge in [-0.05, 0) is 24.1 Å². The Morgan fingerprint density at radius 3 is 2.85 bits per heavy atom. The number of rotatable bonds is 6. The second-order valence-corrected chi connectivity index (χ2v) is 5.13. The molecule has 1 aliphatic heterocycles. The number of carbonyl (C=O) groups excluding carboxylic acids is 1. The van der Waals surface area contributed by atoms with Crippen LogP contribution in [0.4, 0.5) is 0 Å². The Hall–Kier alpha value is -1.81. The standard InChI is InChI=1S/C16H22N2O2/c1-3-10-20-15-7-4-13(5-8-15)11-17-14-6-9-16(19)18(2)12-14/h3-5,7-8,14,17H,1,6,9-12H2,2H3. The van der Waals surface area contributed by atoms with Crippen molar-refractivity contribution in [2.45, 2.75) is 25.4 Å². The van der Waals surface area contributed by atoms with E-state index in [-0.39, 0.29) is 5.91 Å². The van der Waals surface area contributed by atoms with E-state index in [1.807, 2.05) is 19.2 Å². The first-order chi connectivity index (χ1) is 9.69. The molecule has 1 atom stereocenters. The fraction of sp³-hybridized carbons (Fsp3) is 0.438. The number of nitrogens with zero attached hydrogens (tertiary/aromatic N) is 1. The Labute approximate surface area is 120 Å². The lowest BCUT2D eigenvalue weighted by atomic mass is 10.1. The van der Waals surface area contributed by atoms with Crippen molar-refractivity contribution < 1.29 is 9.53 Å². The first kappa shape index (κ1) is 14.6. The van der Waals surface area contributed by atoms with Crippen molar-refractivity contribution in [1.29, 1.82) is 0 Å². The number of hydrogen-bond acceptors (Lipinski definition) is 3. The Morgan fingerprint density at radius 2 is 2.20 bits per heavy atom. The van der Waals surface area contributed by atoms with Crippen molar-refractivity contribution in [1.82, 2.24) is 10.2 Å². The van der Waals surface area contributed by atoms with E-state index in [2.05, 4.69) is 24.0 Å². The SMILES string of the molecule is C=CCOc1ccc(CNC2CCC(=O)N(C)C2)cc1. The highest BCUT2D eigenvalue weighted by Crippen LogP contribution is 2.14. The first-order valence-corrected chi connectivity index (χ1v) is 6.99. The maximum atomic E-state index is 11.4. The lowest BCUT2D eigenvalue weighted by molar-refractivity contribution is -0.132. The van der Waals surface area contributed by atoms with E-state index in [4.69, 9.17) is 4.74 Å². The van der Waals surface area contributed by atoms with Crippen molar-refractivity contribution in [3.8, 4) is 5.75 Å². The Balaban J connectivity index is 1.79. The Kier molecular flexibility index (Phi) is 5.18. The van der Waals surface area contributed by atoms with Gasteiger partial charge in [-0.3, -0.25) is 4.79 Å². The molecule has 20 heavy (non-hydrogen) atoms. The highest BCUT2D eigenvalue weighted by molar-refractivity contribution is 5.76. The van der Waals surface area contributed by atoms with Crippen LogP contribution in [0, 0.1) is 0 Å². The van der Waals surface area contributed by atoms with Gasteiger partial charge in [-0.25, -0.2) is 0 Å². The number of nitrogens with one attached hydrogen (secondary N) is 1. The number of ether oxygens (including phenoxy) is 1. The van der Waals surface area contributed by atoms with Gasteiger partial charge >= 0.3 is 0 Å². The molecule has 4 nitrogen and oxygen atoms in total. The monoisotopic (exact) mass is 274 g/mol. The molecule has 1 unspecified atom stereocenters. The van der Waals surface area contributed by atoms with E-state index in [9.17, 15) is 4.79 Å². The quantitative estimate of drug-likeness (QED) is 0.806. The van der Waals surface area contributed by atoms with Gasteiger partial charge in [0.2, 0.25) is 5.91 Å². The van der Waals surface area contributed by atoms with Crippen LogP contribution in [0.3, 0.4) is 0 Å². The average Bonchev–Trinajstić information content (AvgIpc) is 2.47. The molecular formula is C16H22N2O2. The average molecular weight is 274 g/mol. The summed E-state index contributed by atoms with van der Waals surface area (Å²) in [7, 11) is 1.86. The molecule has 0 saturated carbocycles. The number of hydrogen-bond donors (Lipinski definition) is 1. The van der Waals surface area contributed by atoms with Crippen molar-refractivity contribution in [2.24, 2.45) is 0 Å². The summed E-state index contributed by atoms with van der Waals surface area (Å²) in [4.78, 5) is 13.2. The van der Waals surface area contributed by atoms with E-state index in [0.29, 0.717) is 19.1 Å². The molecule has 0 bridgehead atoms. The van der Waals surface area contributed by atoms with Gasteiger partial charge in [0.1, 0.15) is 12.4 Å². The van der Waals surface area contributed by atoms with Crippen molar-refractivity contribution in [3.63, 3.8) is 0 Å². The molecular weight excluding hydrogens is 252 g/mol. The van der Waals surface area contributed by atoms with Crippen LogP contribution in [0.25, 0.3) is 0 Å². The minimum atomic E-state index is 0.242. The summed E-state index contributed by atoms with van der Waals surface area (Å²) in [5, 5.41) is 3.50. The fourth-order valence-electron chi connectivity index (χ4n) is 2.30. The maximum absolute atomic E-state index is 11.4. The summed E-state index contributed by atoms with van der Waals surface area (Å²) in [6.45, 7) is 5.76. The number of piperidine rings is 1. The van der Waals surface area contributed by atoms with E-state index in [1.165, 1.54) is 5.56 Å². The molecule has 1 aromatic carbocycles. The number of likely N-dealkylation sites (N-methyl/N-ethyl adjacent to an activating group) is 1. The fourth-order valence-corrected chi connectivity index (χ4v) is 2.30. The minimum absolute atomic E-state index is 0.242. The molecule has 108 valence electrons. The zero-order valence-electron chi connectivity index (χ0n) is 12.0. The van der Waals surface area contributed by atoms with Crippen LogP contribution < -0.4 is 10.1 Å². The first-order valence-electron chi connectivity index (χ1n) is 6.99. The van der Waals surface area contributed by atoms with Crippen LogP contribution in [0.2, 0.25) is 0 Å². The summed E-state index contributed by atoms with van der Waals surface area (Å²) < 4.78 is 5.45. The summed E-state index contributed by atoms with van der Waals surface area (Å²) in [5.74, 6) is 1.10. The van der Waals surface area contributed by atoms with Crippen LogP contribution >= 0.6 is 0 Å². The molecule has 1 fully saturated rings. The van der Waals surface area contributed by atoms with E-state index >= 15 is 0 Å². The molecule has 4 heteroatoms. The van der Waals surface area contributed by atoms with E-state index in [0.717, 1.165) is 25.3 Å². The topological polar surface area (TPSA) is 41.6 Å². The van der Waals surface area contributed by atoms with Gasteiger partial charge in [0.05, 0.1) is 0 Å². The predicted octanol–water partition coefficient (Wildman–Crippen LogP) is 1.96. The largest absolute Gasteiger partial charge is 0.490 e. The molecule has 0 spiro atoms. The van der Waals surface area contributed by atoms with E-state index < -0.39 is 0 Å². The summed E-state index contributed by atoms with van der Waals surface area (Å²) in [6, 6.07) is 8.44. The third kappa shape index (κ3) is 4.10. The van der Waals surface area contributed by atoms with Gasteiger partial charge in [0.15, 0.2) is 0 Å². The summed E-state index contributed by atoms with van der Waals surface area (Å²) in [6.07, 6.45) is 3.29. The molecule has 0 aliphatic carbocycles. The molecule has 1 aromatic rings. The maximum Gasteiger partial charge on any atom is 0.222 e. The van der Waals surface area contributed by atoms with Gasteiger partial charge < -0.3 is 15.0 Å². The van der Waals surface area contributed by atoms with Crippen LogP contribution in [-0.4, -0.2) is 37.0 Å². The third-order valence-electron chi connectivity index (χ3n) is 3.51. The summed E-state index contributed by atoms with van der Waals surface area (Å²) >= 11 is 0. The Morgan fingerprint density at radius 1 is 1.45 bits per heavy atom. The highest BCUT2D eigenvalue weighted by atomic mass is 16.5. The van der Waals surface area contributed by atoms with Gasteiger partial charge in [-0.2, -0.15) is 0 Å². The summed E-state index contributed by atoms with van der Waals surface area (Å²) in [5.41, 5.74) is 1.22. The smallest absolute Gasteiger partial charge is 0.222 e. The number of likely N-dealkylation sites (tertiary alicyclic amines) is 1. The molecule has 0 radical (unpaired) electrons. The second-order valence-electron chi connectivity index (χ2n) is 5.13. The number of carbonyl (C=O) groups is 1. The molecule has 1 saturated heterocycles. The zero-order chi connectivity index (χ0) is 14.4. The predicted molar refractivity (Wildman–Crippen MR) is 79.6 cm³/mol. The van der Waals surface area contributed by atoms with Gasteiger partial charge in [-0.1, -0.05) is 24.8 Å².